The minimum Gasteiger partial charge on any atom is -0.217 e. The molecule has 2 heterocycles. The maximum Gasteiger partial charge on any atom is 0.162 e. The summed E-state index contributed by atoms with van der Waals surface area (Å²) >= 11 is 8.11. The van der Waals surface area contributed by atoms with Gasteiger partial charge in [-0.1, -0.05) is 11.6 Å². The van der Waals surface area contributed by atoms with Crippen LogP contribution in [0, 0.1) is 12.7 Å². The fourth-order valence-electron chi connectivity index (χ4n) is 2.95. The molecule has 1 aliphatic rings. The third-order valence-electron chi connectivity index (χ3n) is 3.95. The largest absolute Gasteiger partial charge is 0.217 e. The average Bonchev–Trinajstić information content (AvgIpc) is 2.98. The van der Waals surface area contributed by atoms with E-state index in [9.17, 15) is 4.39 Å². The fourth-order valence-corrected chi connectivity index (χ4v) is 4.55. The van der Waals surface area contributed by atoms with Gasteiger partial charge in [0.15, 0.2) is 5.82 Å². The number of aryl methyl sites for hydroxylation is 3. The summed E-state index contributed by atoms with van der Waals surface area (Å²) in [6, 6.07) is 4.63. The molecule has 0 radical (unpaired) electrons. The van der Waals surface area contributed by atoms with E-state index in [0.29, 0.717) is 11.0 Å². The lowest BCUT2D eigenvalue weighted by molar-refractivity contribution is 0.627. The molecule has 0 spiro atoms. The Hall–Kier alpha value is -1.52. The van der Waals surface area contributed by atoms with E-state index in [4.69, 9.17) is 11.6 Å². The van der Waals surface area contributed by atoms with E-state index in [-0.39, 0.29) is 5.82 Å². The standard InChI is InChI=1S/C16H12ClFN2S/c1-8-7-9(18)5-6-10(8)15-19-14(17)13-11-3-2-4-12(11)21-16(13)20-15/h5-7H,2-4H2,1H3. The molecule has 2 aromatic heterocycles. The number of hydrogen-bond acceptors (Lipinski definition) is 3. The van der Waals surface area contributed by atoms with Crippen molar-refractivity contribution in [3.63, 3.8) is 0 Å². The number of hydrogen-bond donors (Lipinski definition) is 0. The van der Waals surface area contributed by atoms with Crippen molar-refractivity contribution < 1.29 is 4.39 Å². The number of aromatic nitrogens is 2. The van der Waals surface area contributed by atoms with Gasteiger partial charge in [-0.3, -0.25) is 0 Å². The van der Waals surface area contributed by atoms with Gasteiger partial charge in [0.25, 0.3) is 0 Å². The summed E-state index contributed by atoms with van der Waals surface area (Å²) in [4.78, 5) is 11.4. The smallest absolute Gasteiger partial charge is 0.162 e. The minimum atomic E-state index is -0.251. The summed E-state index contributed by atoms with van der Waals surface area (Å²) in [6.45, 7) is 1.86. The van der Waals surface area contributed by atoms with E-state index in [1.807, 2.05) is 6.92 Å². The number of thiophene rings is 1. The monoisotopic (exact) mass is 318 g/mol. The lowest BCUT2D eigenvalue weighted by Crippen LogP contribution is -1.94. The quantitative estimate of drug-likeness (QED) is 0.593. The van der Waals surface area contributed by atoms with Crippen molar-refractivity contribution in [1.29, 1.82) is 0 Å². The Morgan fingerprint density at radius 2 is 2.10 bits per heavy atom. The molecular formula is C16H12ClFN2S. The Bertz CT molecular complexity index is 872. The molecule has 0 unspecified atom stereocenters. The van der Waals surface area contributed by atoms with Crippen molar-refractivity contribution in [2.24, 2.45) is 0 Å². The highest BCUT2D eigenvalue weighted by Crippen LogP contribution is 2.40. The van der Waals surface area contributed by atoms with Crippen LogP contribution in [0.1, 0.15) is 22.4 Å². The van der Waals surface area contributed by atoms with E-state index in [1.54, 1.807) is 17.4 Å². The summed E-state index contributed by atoms with van der Waals surface area (Å²) in [5.41, 5.74) is 2.96. The van der Waals surface area contributed by atoms with Gasteiger partial charge in [0.05, 0.1) is 5.39 Å². The molecule has 0 atom stereocenters. The molecule has 21 heavy (non-hydrogen) atoms. The molecule has 0 aliphatic heterocycles. The van der Waals surface area contributed by atoms with Crippen molar-refractivity contribution in [1.82, 2.24) is 9.97 Å². The van der Waals surface area contributed by atoms with E-state index >= 15 is 0 Å². The van der Waals surface area contributed by atoms with Gasteiger partial charge in [0.2, 0.25) is 0 Å². The molecule has 106 valence electrons. The van der Waals surface area contributed by atoms with Crippen molar-refractivity contribution in [2.45, 2.75) is 26.2 Å². The highest BCUT2D eigenvalue weighted by Gasteiger charge is 2.22. The lowest BCUT2D eigenvalue weighted by Gasteiger charge is -2.06. The van der Waals surface area contributed by atoms with Crippen LogP contribution >= 0.6 is 22.9 Å². The van der Waals surface area contributed by atoms with Crippen LogP contribution in [0.5, 0.6) is 0 Å². The second kappa shape index (κ2) is 4.75. The van der Waals surface area contributed by atoms with Crippen LogP contribution in [0.15, 0.2) is 18.2 Å². The molecule has 1 aliphatic carbocycles. The predicted octanol–water partition coefficient (Wildman–Crippen LogP) is 4.95. The van der Waals surface area contributed by atoms with E-state index in [1.165, 1.54) is 29.0 Å². The summed E-state index contributed by atoms with van der Waals surface area (Å²) in [6.07, 6.45) is 3.36. The van der Waals surface area contributed by atoms with Gasteiger partial charge >= 0.3 is 0 Å². The number of fused-ring (bicyclic) bond motifs is 3. The molecule has 0 bridgehead atoms. The summed E-state index contributed by atoms with van der Waals surface area (Å²) in [5, 5.41) is 1.52. The number of rotatable bonds is 1. The topological polar surface area (TPSA) is 25.8 Å². The Balaban J connectivity index is 1.95. The molecule has 0 saturated carbocycles. The zero-order valence-corrected chi connectivity index (χ0v) is 13.0. The third kappa shape index (κ3) is 2.05. The van der Waals surface area contributed by atoms with Crippen LogP contribution in [0.2, 0.25) is 5.15 Å². The molecule has 4 rings (SSSR count). The maximum atomic E-state index is 13.2. The van der Waals surface area contributed by atoms with E-state index in [2.05, 4.69) is 9.97 Å². The van der Waals surface area contributed by atoms with Crippen LogP contribution in [-0.2, 0) is 12.8 Å². The molecule has 0 fully saturated rings. The van der Waals surface area contributed by atoms with Crippen LogP contribution in [-0.4, -0.2) is 9.97 Å². The summed E-state index contributed by atoms with van der Waals surface area (Å²) < 4.78 is 13.2. The SMILES string of the molecule is Cc1cc(F)ccc1-c1nc(Cl)c2c3c(sc2n1)CCC3. The second-order valence-corrected chi connectivity index (χ2v) is 6.78. The molecule has 0 amide bonds. The number of nitrogens with zero attached hydrogens (tertiary/aromatic N) is 2. The van der Waals surface area contributed by atoms with Gasteiger partial charge in [-0.05, 0) is 55.5 Å². The lowest BCUT2D eigenvalue weighted by atomic mass is 10.1. The highest BCUT2D eigenvalue weighted by atomic mass is 35.5. The molecule has 3 aromatic rings. The van der Waals surface area contributed by atoms with Crippen molar-refractivity contribution >= 4 is 33.2 Å². The Labute approximate surface area is 130 Å². The zero-order chi connectivity index (χ0) is 14.6. The first-order valence-electron chi connectivity index (χ1n) is 6.88. The van der Waals surface area contributed by atoms with Crippen molar-refractivity contribution in [3.05, 3.63) is 45.2 Å². The van der Waals surface area contributed by atoms with Crippen LogP contribution in [0.3, 0.4) is 0 Å². The molecule has 0 N–H and O–H groups in total. The first-order chi connectivity index (χ1) is 10.1. The van der Waals surface area contributed by atoms with Crippen molar-refractivity contribution in [3.8, 4) is 11.4 Å². The third-order valence-corrected chi connectivity index (χ3v) is 5.41. The molecule has 1 aromatic carbocycles. The van der Waals surface area contributed by atoms with Crippen molar-refractivity contribution in [2.75, 3.05) is 0 Å². The van der Waals surface area contributed by atoms with Gasteiger partial charge in [-0.2, -0.15) is 0 Å². The van der Waals surface area contributed by atoms with E-state index in [0.717, 1.165) is 34.2 Å². The Kier molecular flexibility index (Phi) is 2.98. The predicted molar refractivity (Wildman–Crippen MR) is 84.6 cm³/mol. The van der Waals surface area contributed by atoms with Gasteiger partial charge in [-0.25, -0.2) is 14.4 Å². The van der Waals surface area contributed by atoms with Gasteiger partial charge in [-0.15, -0.1) is 11.3 Å². The van der Waals surface area contributed by atoms with E-state index < -0.39 is 0 Å². The first-order valence-corrected chi connectivity index (χ1v) is 8.07. The van der Waals surface area contributed by atoms with Crippen LogP contribution in [0.4, 0.5) is 4.39 Å². The zero-order valence-electron chi connectivity index (χ0n) is 11.4. The molecule has 0 saturated heterocycles. The van der Waals surface area contributed by atoms with Gasteiger partial charge < -0.3 is 0 Å². The summed E-state index contributed by atoms with van der Waals surface area (Å²) in [7, 11) is 0. The van der Waals surface area contributed by atoms with Gasteiger partial charge in [0.1, 0.15) is 15.8 Å². The number of halogens is 2. The van der Waals surface area contributed by atoms with Crippen LogP contribution < -0.4 is 0 Å². The normalized spacial score (nSPS) is 13.9. The molecule has 2 nitrogen and oxygen atoms in total. The summed E-state index contributed by atoms with van der Waals surface area (Å²) in [5.74, 6) is 0.323. The maximum absolute atomic E-state index is 13.2. The fraction of sp³-hybridized carbons (Fsp3) is 0.250. The van der Waals surface area contributed by atoms with Gasteiger partial charge in [0, 0.05) is 10.4 Å². The first kappa shape index (κ1) is 13.2. The molecule has 5 heteroatoms. The van der Waals surface area contributed by atoms with Crippen LogP contribution in [0.25, 0.3) is 21.6 Å². The molecular weight excluding hydrogens is 307 g/mol. The minimum absolute atomic E-state index is 0.251. The number of benzene rings is 1. The Morgan fingerprint density at radius 1 is 1.24 bits per heavy atom. The average molecular weight is 319 g/mol. The second-order valence-electron chi connectivity index (χ2n) is 5.33. The highest BCUT2D eigenvalue weighted by molar-refractivity contribution is 7.19. The Morgan fingerprint density at radius 3 is 2.90 bits per heavy atom.